The van der Waals surface area contributed by atoms with Crippen LogP contribution >= 0.6 is 11.8 Å². The van der Waals surface area contributed by atoms with E-state index in [1.165, 1.54) is 4.90 Å². The van der Waals surface area contributed by atoms with Crippen LogP contribution in [0.15, 0.2) is 52.3 Å². The van der Waals surface area contributed by atoms with Crippen LogP contribution in [0.4, 0.5) is 11.4 Å². The number of nitrogens with zero attached hydrogens (tertiary/aromatic N) is 1. The van der Waals surface area contributed by atoms with Gasteiger partial charge in [-0.1, -0.05) is 23.9 Å². The summed E-state index contributed by atoms with van der Waals surface area (Å²) in [6.07, 6.45) is 0. The second-order valence-electron chi connectivity index (χ2n) is 3.55. The number of nitrogens with one attached hydrogen (secondary N) is 1. The molecule has 0 amide bonds. The number of anilines is 2. The molecule has 0 fully saturated rings. The minimum absolute atomic E-state index is 0.701. The molecular weight excluding hydrogens is 216 g/mol. The summed E-state index contributed by atoms with van der Waals surface area (Å²) in [6.45, 7) is 0. The summed E-state index contributed by atoms with van der Waals surface area (Å²) < 4.78 is 0. The van der Waals surface area contributed by atoms with E-state index in [0.29, 0.717) is 5.56 Å². The molecule has 16 heavy (non-hydrogen) atoms. The first-order valence-electron chi connectivity index (χ1n) is 4.95. The third-order valence-electron chi connectivity index (χ3n) is 2.49. The van der Waals surface area contributed by atoms with Gasteiger partial charge in [-0.25, -0.2) is 0 Å². The van der Waals surface area contributed by atoms with Crippen LogP contribution in [0.25, 0.3) is 0 Å². The first kappa shape index (κ1) is 9.32. The molecule has 76 valence electrons. The smallest absolute Gasteiger partial charge is 0.0992 e. The number of hydrogen-bond donors (Lipinski definition) is 1. The molecule has 2 aromatic carbocycles. The van der Waals surface area contributed by atoms with Crippen molar-refractivity contribution >= 4 is 23.1 Å². The number of para-hydroxylation sites is 1. The average molecular weight is 224 g/mol. The standard InChI is InChI=1S/C13H8N2S/c14-8-9-5-6-11-13(7-9)16-12-4-2-1-3-10(12)15-11/h1-7,15H. The van der Waals surface area contributed by atoms with Gasteiger partial charge < -0.3 is 5.32 Å². The Hall–Kier alpha value is -1.92. The molecule has 0 aromatic heterocycles. The van der Waals surface area contributed by atoms with Crippen LogP contribution in [-0.4, -0.2) is 0 Å². The Bertz CT molecular complexity index is 599. The van der Waals surface area contributed by atoms with E-state index in [4.69, 9.17) is 5.26 Å². The molecule has 0 bridgehead atoms. The van der Waals surface area contributed by atoms with Gasteiger partial charge in [0.05, 0.1) is 23.0 Å². The fourth-order valence-electron chi connectivity index (χ4n) is 1.70. The summed E-state index contributed by atoms with van der Waals surface area (Å²) in [5, 5.41) is 12.2. The van der Waals surface area contributed by atoms with Crippen molar-refractivity contribution in [2.45, 2.75) is 9.79 Å². The third kappa shape index (κ3) is 1.44. The van der Waals surface area contributed by atoms with Gasteiger partial charge in [0.25, 0.3) is 0 Å². The van der Waals surface area contributed by atoms with Crippen molar-refractivity contribution in [2.24, 2.45) is 0 Å². The van der Waals surface area contributed by atoms with Gasteiger partial charge in [-0.3, -0.25) is 0 Å². The number of hydrogen-bond acceptors (Lipinski definition) is 3. The lowest BCUT2D eigenvalue weighted by molar-refractivity contribution is 1.30. The van der Waals surface area contributed by atoms with Crippen molar-refractivity contribution in [3.8, 4) is 6.07 Å². The number of nitriles is 1. The van der Waals surface area contributed by atoms with Crippen molar-refractivity contribution < 1.29 is 0 Å². The summed E-state index contributed by atoms with van der Waals surface area (Å²) in [4.78, 5) is 2.31. The zero-order valence-corrected chi connectivity index (χ0v) is 9.21. The molecule has 0 spiro atoms. The monoisotopic (exact) mass is 224 g/mol. The maximum atomic E-state index is 8.85. The van der Waals surface area contributed by atoms with Crippen molar-refractivity contribution in [3.05, 3.63) is 48.0 Å². The lowest BCUT2D eigenvalue weighted by Gasteiger charge is -2.20. The molecule has 1 N–H and O–H groups in total. The maximum absolute atomic E-state index is 8.85. The van der Waals surface area contributed by atoms with Gasteiger partial charge in [0, 0.05) is 9.79 Å². The summed E-state index contributed by atoms with van der Waals surface area (Å²) in [7, 11) is 0. The highest BCUT2D eigenvalue weighted by molar-refractivity contribution is 7.99. The van der Waals surface area contributed by atoms with Crippen LogP contribution in [-0.2, 0) is 0 Å². The van der Waals surface area contributed by atoms with Gasteiger partial charge in [-0.15, -0.1) is 0 Å². The van der Waals surface area contributed by atoms with Crippen LogP contribution < -0.4 is 5.32 Å². The predicted octanol–water partition coefficient (Wildman–Crippen LogP) is 3.77. The van der Waals surface area contributed by atoms with E-state index in [9.17, 15) is 0 Å². The zero-order valence-electron chi connectivity index (χ0n) is 8.40. The molecule has 0 saturated carbocycles. The lowest BCUT2D eigenvalue weighted by atomic mass is 10.2. The van der Waals surface area contributed by atoms with E-state index in [0.717, 1.165) is 16.3 Å². The molecule has 3 rings (SSSR count). The van der Waals surface area contributed by atoms with Gasteiger partial charge in [0.15, 0.2) is 0 Å². The van der Waals surface area contributed by atoms with Crippen LogP contribution in [0.5, 0.6) is 0 Å². The Labute approximate surface area is 97.9 Å². The molecule has 0 saturated heterocycles. The number of rotatable bonds is 0. The van der Waals surface area contributed by atoms with Gasteiger partial charge in [0.2, 0.25) is 0 Å². The topological polar surface area (TPSA) is 35.8 Å². The molecule has 0 radical (unpaired) electrons. The Balaban J connectivity index is 2.09. The van der Waals surface area contributed by atoms with E-state index in [-0.39, 0.29) is 0 Å². The van der Waals surface area contributed by atoms with E-state index in [1.54, 1.807) is 11.8 Å². The molecule has 0 atom stereocenters. The average Bonchev–Trinajstić information content (AvgIpc) is 2.35. The number of benzene rings is 2. The first-order chi connectivity index (χ1) is 7.86. The van der Waals surface area contributed by atoms with Crippen LogP contribution in [0.3, 0.4) is 0 Å². The lowest BCUT2D eigenvalue weighted by Crippen LogP contribution is -1.99. The molecule has 0 aliphatic carbocycles. The largest absolute Gasteiger partial charge is 0.354 e. The number of fused-ring (bicyclic) bond motifs is 2. The third-order valence-corrected chi connectivity index (χ3v) is 3.62. The highest BCUT2D eigenvalue weighted by Gasteiger charge is 2.14. The summed E-state index contributed by atoms with van der Waals surface area (Å²) in [6, 6.07) is 16.0. The first-order valence-corrected chi connectivity index (χ1v) is 5.76. The van der Waals surface area contributed by atoms with E-state index in [1.807, 2.05) is 30.3 Å². The van der Waals surface area contributed by atoms with E-state index in [2.05, 4.69) is 23.5 Å². The molecule has 1 heterocycles. The molecule has 2 aromatic rings. The molecule has 3 heteroatoms. The highest BCUT2D eigenvalue weighted by atomic mass is 32.2. The van der Waals surface area contributed by atoms with Gasteiger partial charge in [-0.2, -0.15) is 5.26 Å². The Kier molecular flexibility index (Phi) is 2.09. The second-order valence-corrected chi connectivity index (χ2v) is 4.63. The zero-order chi connectivity index (χ0) is 11.0. The highest BCUT2D eigenvalue weighted by Crippen LogP contribution is 2.43. The van der Waals surface area contributed by atoms with Crippen molar-refractivity contribution in [1.82, 2.24) is 0 Å². The van der Waals surface area contributed by atoms with Crippen molar-refractivity contribution in [1.29, 1.82) is 5.26 Å². The van der Waals surface area contributed by atoms with E-state index < -0.39 is 0 Å². The quantitative estimate of drug-likeness (QED) is 0.631. The normalized spacial score (nSPS) is 11.9. The fraction of sp³-hybridized carbons (Fsp3) is 0. The maximum Gasteiger partial charge on any atom is 0.0992 e. The van der Waals surface area contributed by atoms with Crippen molar-refractivity contribution in [3.63, 3.8) is 0 Å². The fourth-order valence-corrected chi connectivity index (χ4v) is 2.73. The molecule has 2 nitrogen and oxygen atoms in total. The van der Waals surface area contributed by atoms with Crippen LogP contribution in [0.1, 0.15) is 5.56 Å². The summed E-state index contributed by atoms with van der Waals surface area (Å²) in [5.41, 5.74) is 2.90. The summed E-state index contributed by atoms with van der Waals surface area (Å²) in [5.74, 6) is 0. The van der Waals surface area contributed by atoms with Crippen molar-refractivity contribution in [2.75, 3.05) is 5.32 Å². The van der Waals surface area contributed by atoms with Gasteiger partial charge in [0.1, 0.15) is 0 Å². The molecular formula is C13H8N2S. The summed E-state index contributed by atoms with van der Waals surface area (Å²) >= 11 is 1.70. The predicted molar refractivity (Wildman–Crippen MR) is 65.0 cm³/mol. The Morgan fingerprint density at radius 3 is 2.69 bits per heavy atom. The Morgan fingerprint density at radius 2 is 1.81 bits per heavy atom. The van der Waals surface area contributed by atoms with Crippen LogP contribution in [0.2, 0.25) is 0 Å². The van der Waals surface area contributed by atoms with Gasteiger partial charge >= 0.3 is 0 Å². The van der Waals surface area contributed by atoms with E-state index >= 15 is 0 Å². The minimum Gasteiger partial charge on any atom is -0.354 e. The molecule has 0 unspecified atom stereocenters. The minimum atomic E-state index is 0.701. The SMILES string of the molecule is N#Cc1ccc2c(c1)Sc1ccccc1N2. The molecule has 1 aliphatic rings. The molecule has 1 aliphatic heterocycles. The van der Waals surface area contributed by atoms with Crippen LogP contribution in [0, 0.1) is 11.3 Å². The second kappa shape index (κ2) is 3.58. The Morgan fingerprint density at radius 1 is 1.00 bits per heavy atom. The van der Waals surface area contributed by atoms with Gasteiger partial charge in [-0.05, 0) is 30.3 Å².